The lowest BCUT2D eigenvalue weighted by molar-refractivity contribution is 0.223. The average Bonchev–Trinajstić information content (AvgIpc) is 2.71. The molecule has 0 saturated heterocycles. The lowest BCUT2D eigenvalue weighted by Crippen LogP contribution is -2.42. The highest BCUT2D eigenvalue weighted by Gasteiger charge is 2.28. The molecule has 1 fully saturated rings. The molecule has 102 valence electrons. The predicted molar refractivity (Wildman–Crippen MR) is 73.5 cm³/mol. The topological polar surface area (TPSA) is 42.7 Å². The summed E-state index contributed by atoms with van der Waals surface area (Å²) in [6.07, 6.45) is 8.04. The molecule has 0 amide bonds. The van der Waals surface area contributed by atoms with Gasteiger partial charge in [-0.25, -0.2) is 9.67 Å². The Morgan fingerprint density at radius 1 is 1.44 bits per heavy atom. The Labute approximate surface area is 110 Å². The Kier molecular flexibility index (Phi) is 4.75. The maximum atomic E-state index is 4.44. The number of nitrogens with one attached hydrogen (secondary N) is 1. The van der Waals surface area contributed by atoms with Gasteiger partial charge in [-0.05, 0) is 45.6 Å². The third-order valence-electron chi connectivity index (χ3n) is 3.91. The molecule has 1 aliphatic carbocycles. The van der Waals surface area contributed by atoms with Crippen molar-refractivity contribution >= 4 is 0 Å². The Balaban J connectivity index is 2.00. The maximum Gasteiger partial charge on any atom is 0.138 e. The van der Waals surface area contributed by atoms with E-state index in [1.165, 1.54) is 25.7 Å². The molecule has 0 spiro atoms. The second kappa shape index (κ2) is 6.32. The van der Waals surface area contributed by atoms with Gasteiger partial charge in [0.25, 0.3) is 0 Å². The molecular weight excluding hydrogens is 224 g/mol. The van der Waals surface area contributed by atoms with Gasteiger partial charge in [-0.1, -0.05) is 13.3 Å². The summed E-state index contributed by atoms with van der Waals surface area (Å²) in [4.78, 5) is 4.44. The number of hydrogen-bond acceptors (Lipinski definition) is 3. The summed E-state index contributed by atoms with van der Waals surface area (Å²) < 4.78 is 2.05. The van der Waals surface area contributed by atoms with Gasteiger partial charge in [0.2, 0.25) is 0 Å². The van der Waals surface area contributed by atoms with Crippen LogP contribution >= 0.6 is 0 Å². The van der Waals surface area contributed by atoms with Crippen LogP contribution in [0.15, 0.2) is 6.33 Å². The molecule has 18 heavy (non-hydrogen) atoms. The minimum Gasteiger partial charge on any atom is -0.313 e. The number of hydrogen-bond donors (Lipinski definition) is 1. The van der Waals surface area contributed by atoms with Gasteiger partial charge in [0, 0.05) is 18.5 Å². The zero-order valence-corrected chi connectivity index (χ0v) is 11.9. The van der Waals surface area contributed by atoms with Crippen molar-refractivity contribution < 1.29 is 0 Å². The Hall–Kier alpha value is -0.900. The van der Waals surface area contributed by atoms with E-state index in [0.29, 0.717) is 12.1 Å². The Morgan fingerprint density at radius 3 is 2.78 bits per heavy atom. The van der Waals surface area contributed by atoms with E-state index in [9.17, 15) is 0 Å². The molecule has 1 unspecified atom stereocenters. The van der Waals surface area contributed by atoms with E-state index in [1.54, 1.807) is 6.33 Å². The first-order valence-electron chi connectivity index (χ1n) is 7.34. The second-order valence-electron chi connectivity index (χ2n) is 5.67. The van der Waals surface area contributed by atoms with E-state index in [0.717, 1.165) is 24.7 Å². The molecule has 1 aromatic heterocycles. The van der Waals surface area contributed by atoms with Crippen LogP contribution in [-0.4, -0.2) is 27.4 Å². The van der Waals surface area contributed by atoms with Crippen LogP contribution in [0.4, 0.5) is 0 Å². The second-order valence-corrected chi connectivity index (χ2v) is 5.67. The van der Waals surface area contributed by atoms with Gasteiger partial charge in [0.1, 0.15) is 12.2 Å². The van der Waals surface area contributed by atoms with E-state index in [4.69, 9.17) is 0 Å². The van der Waals surface area contributed by atoms with Crippen LogP contribution in [0.1, 0.15) is 58.3 Å². The van der Waals surface area contributed by atoms with Crippen LogP contribution in [0.5, 0.6) is 0 Å². The van der Waals surface area contributed by atoms with Crippen LogP contribution in [0, 0.1) is 5.92 Å². The van der Waals surface area contributed by atoms with Crippen molar-refractivity contribution in [2.24, 2.45) is 5.92 Å². The van der Waals surface area contributed by atoms with E-state index in [2.05, 4.69) is 40.9 Å². The SMILES string of the molecule is CCCNC(Cc1ncnn1C(C)C)C1CCC1. The van der Waals surface area contributed by atoms with Gasteiger partial charge in [-0.2, -0.15) is 5.10 Å². The number of aromatic nitrogens is 3. The molecule has 1 saturated carbocycles. The fourth-order valence-electron chi connectivity index (χ4n) is 2.63. The highest BCUT2D eigenvalue weighted by atomic mass is 15.3. The van der Waals surface area contributed by atoms with Crippen molar-refractivity contribution in [1.82, 2.24) is 20.1 Å². The maximum absolute atomic E-state index is 4.44. The van der Waals surface area contributed by atoms with Crippen molar-refractivity contribution in [1.29, 1.82) is 0 Å². The molecule has 2 rings (SSSR count). The van der Waals surface area contributed by atoms with E-state index in [1.807, 2.05) is 0 Å². The quantitative estimate of drug-likeness (QED) is 0.809. The molecule has 1 heterocycles. The smallest absolute Gasteiger partial charge is 0.138 e. The molecule has 0 aromatic carbocycles. The molecule has 4 nitrogen and oxygen atoms in total. The first kappa shape index (κ1) is 13.5. The van der Waals surface area contributed by atoms with Crippen LogP contribution < -0.4 is 5.32 Å². The summed E-state index contributed by atoms with van der Waals surface area (Å²) >= 11 is 0. The predicted octanol–water partition coefficient (Wildman–Crippen LogP) is 2.57. The molecule has 4 heteroatoms. The molecule has 0 radical (unpaired) electrons. The van der Waals surface area contributed by atoms with Crippen molar-refractivity contribution in [3.63, 3.8) is 0 Å². The van der Waals surface area contributed by atoms with Gasteiger partial charge in [-0.3, -0.25) is 0 Å². The fraction of sp³-hybridized carbons (Fsp3) is 0.857. The van der Waals surface area contributed by atoms with Gasteiger partial charge in [0.05, 0.1) is 0 Å². The van der Waals surface area contributed by atoms with Gasteiger partial charge in [-0.15, -0.1) is 0 Å². The number of nitrogens with zero attached hydrogens (tertiary/aromatic N) is 3. The Bertz CT molecular complexity index is 354. The third-order valence-corrected chi connectivity index (χ3v) is 3.91. The lowest BCUT2D eigenvalue weighted by atomic mass is 9.78. The normalized spacial score (nSPS) is 18.0. The molecular formula is C14H26N4. The van der Waals surface area contributed by atoms with E-state index >= 15 is 0 Å². The van der Waals surface area contributed by atoms with Crippen LogP contribution in [0.25, 0.3) is 0 Å². The molecule has 1 aromatic rings. The van der Waals surface area contributed by atoms with Crippen LogP contribution in [0.2, 0.25) is 0 Å². The lowest BCUT2D eigenvalue weighted by Gasteiger charge is -2.34. The van der Waals surface area contributed by atoms with Crippen molar-refractivity contribution in [3.8, 4) is 0 Å². The molecule has 1 aliphatic rings. The molecule has 1 N–H and O–H groups in total. The third kappa shape index (κ3) is 3.10. The van der Waals surface area contributed by atoms with Gasteiger partial charge < -0.3 is 5.32 Å². The summed E-state index contributed by atoms with van der Waals surface area (Å²) in [6, 6.07) is 0.983. The van der Waals surface area contributed by atoms with Gasteiger partial charge in [0.15, 0.2) is 0 Å². The molecule has 0 bridgehead atoms. The Morgan fingerprint density at radius 2 is 2.22 bits per heavy atom. The number of rotatable bonds is 7. The first-order valence-corrected chi connectivity index (χ1v) is 7.34. The summed E-state index contributed by atoms with van der Waals surface area (Å²) in [5, 5.41) is 8.02. The highest BCUT2D eigenvalue weighted by molar-refractivity contribution is 4.95. The zero-order valence-electron chi connectivity index (χ0n) is 11.9. The standard InChI is InChI=1S/C14H26N4/c1-4-8-15-13(12-6-5-7-12)9-14-16-10-17-18(14)11(2)3/h10-13,15H,4-9H2,1-3H3. The van der Waals surface area contributed by atoms with Crippen molar-refractivity contribution in [2.75, 3.05) is 6.54 Å². The van der Waals surface area contributed by atoms with Crippen molar-refractivity contribution in [2.45, 2.75) is 65.0 Å². The van der Waals surface area contributed by atoms with Crippen LogP contribution in [0.3, 0.4) is 0 Å². The average molecular weight is 250 g/mol. The highest BCUT2D eigenvalue weighted by Crippen LogP contribution is 2.31. The summed E-state index contributed by atoms with van der Waals surface area (Å²) in [6.45, 7) is 7.66. The zero-order chi connectivity index (χ0) is 13.0. The minimum atomic E-state index is 0.399. The summed E-state index contributed by atoms with van der Waals surface area (Å²) in [5.74, 6) is 1.97. The first-order chi connectivity index (χ1) is 8.72. The van der Waals surface area contributed by atoms with E-state index < -0.39 is 0 Å². The van der Waals surface area contributed by atoms with Crippen molar-refractivity contribution in [3.05, 3.63) is 12.2 Å². The largest absolute Gasteiger partial charge is 0.313 e. The molecule has 1 atom stereocenters. The van der Waals surface area contributed by atoms with Gasteiger partial charge >= 0.3 is 0 Å². The molecule has 0 aliphatic heterocycles. The fourth-order valence-corrected chi connectivity index (χ4v) is 2.63. The monoisotopic (exact) mass is 250 g/mol. The summed E-state index contributed by atoms with van der Waals surface area (Å²) in [7, 11) is 0. The minimum absolute atomic E-state index is 0.399. The summed E-state index contributed by atoms with van der Waals surface area (Å²) in [5.41, 5.74) is 0. The van der Waals surface area contributed by atoms with Crippen LogP contribution in [-0.2, 0) is 6.42 Å². The van der Waals surface area contributed by atoms with E-state index in [-0.39, 0.29) is 0 Å².